The van der Waals surface area contributed by atoms with E-state index in [0.717, 1.165) is 36.8 Å². The van der Waals surface area contributed by atoms with Crippen LogP contribution in [0.3, 0.4) is 0 Å². The molecule has 0 bridgehead atoms. The Hall–Kier alpha value is -1.28. The second-order valence-electron chi connectivity index (χ2n) is 7.90. The molecule has 0 unspecified atom stereocenters. The highest BCUT2D eigenvalue weighted by atomic mass is 32.1. The van der Waals surface area contributed by atoms with Gasteiger partial charge in [-0.25, -0.2) is 0 Å². The topological polar surface area (TPSA) is 42.9 Å². The van der Waals surface area contributed by atoms with Gasteiger partial charge in [-0.3, -0.25) is 9.36 Å². The Morgan fingerprint density at radius 1 is 1.20 bits per heavy atom. The summed E-state index contributed by atoms with van der Waals surface area (Å²) in [7, 11) is 0. The molecule has 25 heavy (non-hydrogen) atoms. The maximum Gasteiger partial charge on any atom is 0.275 e. The third-order valence-electron chi connectivity index (χ3n) is 4.54. The van der Waals surface area contributed by atoms with Gasteiger partial charge in [0.15, 0.2) is 17.2 Å². The second kappa shape index (κ2) is 7.53. The zero-order chi connectivity index (χ0) is 18.0. The van der Waals surface area contributed by atoms with Gasteiger partial charge in [-0.15, -0.1) is 11.3 Å². The minimum Gasteiger partial charge on any atom is -0.347 e. The van der Waals surface area contributed by atoms with Crippen molar-refractivity contribution in [3.8, 4) is 0 Å². The lowest BCUT2D eigenvalue weighted by molar-refractivity contribution is -1.02. The van der Waals surface area contributed by atoms with Crippen LogP contribution in [0.1, 0.15) is 20.8 Å². The van der Waals surface area contributed by atoms with Crippen LogP contribution in [-0.2, 0) is 11.5 Å². The van der Waals surface area contributed by atoms with Crippen LogP contribution in [0.15, 0.2) is 24.3 Å². The number of nitrogens with one attached hydrogen (secondary N) is 3. The van der Waals surface area contributed by atoms with Gasteiger partial charge < -0.3 is 15.1 Å². The number of hydrogen-bond donors (Lipinski definition) is 3. The van der Waals surface area contributed by atoms with E-state index in [1.807, 2.05) is 20.8 Å². The number of benzene rings is 1. The standard InChI is InChI=1S/C18H26N4OS2/c1-18(2,3)19-16(23)12-20-8-10-21(11-9-20)13-22-14-6-4-5-7-15(14)25-17(22)24/h4-7H,8-13H2,1-3H3,(H,19,23)/p+2. The van der Waals surface area contributed by atoms with Crippen molar-refractivity contribution in [1.29, 1.82) is 0 Å². The number of thiazole rings is 1. The smallest absolute Gasteiger partial charge is 0.275 e. The minimum atomic E-state index is -0.153. The van der Waals surface area contributed by atoms with E-state index in [9.17, 15) is 4.79 Å². The van der Waals surface area contributed by atoms with Crippen LogP contribution >= 0.6 is 23.6 Å². The number of nitrogens with zero attached hydrogens (tertiary/aromatic N) is 1. The van der Waals surface area contributed by atoms with E-state index in [1.165, 1.54) is 15.1 Å². The summed E-state index contributed by atoms with van der Waals surface area (Å²) in [5.74, 6) is 0.150. The number of piperazine rings is 1. The van der Waals surface area contributed by atoms with Gasteiger partial charge in [-0.2, -0.15) is 0 Å². The molecule has 136 valence electrons. The van der Waals surface area contributed by atoms with Crippen LogP contribution in [0, 0.1) is 3.95 Å². The lowest BCUT2D eigenvalue weighted by Crippen LogP contribution is -3.28. The molecule has 2 aromatic rings. The average molecular weight is 381 g/mol. The number of fused-ring (bicyclic) bond motifs is 1. The molecule has 5 nitrogen and oxygen atoms in total. The van der Waals surface area contributed by atoms with Crippen LogP contribution in [0.5, 0.6) is 0 Å². The molecule has 1 aliphatic rings. The number of quaternary nitrogens is 2. The van der Waals surface area contributed by atoms with Crippen molar-refractivity contribution < 1.29 is 14.6 Å². The molecule has 1 aromatic carbocycles. The van der Waals surface area contributed by atoms with Gasteiger partial charge >= 0.3 is 0 Å². The second-order valence-corrected chi connectivity index (χ2v) is 9.57. The maximum atomic E-state index is 12.1. The largest absolute Gasteiger partial charge is 0.347 e. The fraction of sp³-hybridized carbons (Fsp3) is 0.556. The van der Waals surface area contributed by atoms with Crippen LogP contribution in [0.25, 0.3) is 10.2 Å². The molecule has 1 fully saturated rings. The number of hydrogen-bond acceptors (Lipinski definition) is 3. The molecule has 0 aliphatic carbocycles. The van der Waals surface area contributed by atoms with Crippen LogP contribution < -0.4 is 15.1 Å². The first-order valence-corrected chi connectivity index (χ1v) is 10.1. The highest BCUT2D eigenvalue weighted by Gasteiger charge is 2.26. The Bertz CT molecular complexity index is 797. The quantitative estimate of drug-likeness (QED) is 0.658. The Morgan fingerprint density at radius 3 is 2.52 bits per heavy atom. The summed E-state index contributed by atoms with van der Waals surface area (Å²) in [6.07, 6.45) is 0. The number of aromatic nitrogens is 1. The number of para-hydroxylation sites is 1. The molecule has 0 saturated carbocycles. The van der Waals surface area contributed by atoms with Crippen molar-refractivity contribution in [2.75, 3.05) is 32.7 Å². The first kappa shape index (κ1) is 18.5. The Labute approximate surface area is 158 Å². The monoisotopic (exact) mass is 380 g/mol. The van der Waals surface area contributed by atoms with E-state index in [1.54, 1.807) is 16.2 Å². The summed E-state index contributed by atoms with van der Waals surface area (Å²) in [6.45, 7) is 11.8. The Balaban J connectivity index is 1.55. The van der Waals surface area contributed by atoms with Crippen LogP contribution in [-0.4, -0.2) is 48.7 Å². The van der Waals surface area contributed by atoms with Crippen molar-refractivity contribution in [3.63, 3.8) is 0 Å². The summed E-state index contributed by atoms with van der Waals surface area (Å²) >= 11 is 7.25. The summed E-state index contributed by atoms with van der Waals surface area (Å²) < 4.78 is 4.48. The molecule has 3 N–H and O–H groups in total. The molecular formula is C18H28N4OS2+2. The van der Waals surface area contributed by atoms with E-state index >= 15 is 0 Å². The molecule has 1 amide bonds. The zero-order valence-electron chi connectivity index (χ0n) is 15.2. The molecule has 1 saturated heterocycles. The molecule has 1 aliphatic heterocycles. The number of rotatable bonds is 4. The lowest BCUT2D eigenvalue weighted by atomic mass is 10.1. The predicted molar refractivity (Wildman–Crippen MR) is 105 cm³/mol. The van der Waals surface area contributed by atoms with Gasteiger partial charge in [0.05, 0.1) is 10.2 Å². The van der Waals surface area contributed by atoms with Gasteiger partial charge in [0.1, 0.15) is 26.2 Å². The Morgan fingerprint density at radius 2 is 1.84 bits per heavy atom. The van der Waals surface area contributed by atoms with Gasteiger partial charge in [0.2, 0.25) is 0 Å². The zero-order valence-corrected chi connectivity index (χ0v) is 16.9. The van der Waals surface area contributed by atoms with Gasteiger partial charge in [0.25, 0.3) is 5.91 Å². The fourth-order valence-corrected chi connectivity index (χ4v) is 4.69. The minimum absolute atomic E-state index is 0.150. The summed E-state index contributed by atoms with van der Waals surface area (Å²) in [5, 5.41) is 3.06. The molecule has 0 radical (unpaired) electrons. The van der Waals surface area contributed by atoms with Gasteiger partial charge in [-0.05, 0) is 45.1 Å². The molecule has 0 spiro atoms. The van der Waals surface area contributed by atoms with Crippen molar-refractivity contribution in [1.82, 2.24) is 9.88 Å². The van der Waals surface area contributed by atoms with E-state index in [2.05, 4.69) is 34.1 Å². The van der Waals surface area contributed by atoms with Crippen molar-refractivity contribution in [2.45, 2.75) is 33.0 Å². The average Bonchev–Trinajstić information content (AvgIpc) is 2.83. The van der Waals surface area contributed by atoms with Gasteiger partial charge in [0, 0.05) is 5.54 Å². The molecule has 3 rings (SSSR count). The normalized spacial score (nSPS) is 21.4. The van der Waals surface area contributed by atoms with E-state index < -0.39 is 0 Å². The first-order chi connectivity index (χ1) is 11.8. The van der Waals surface area contributed by atoms with Gasteiger partial charge in [-0.1, -0.05) is 12.1 Å². The van der Waals surface area contributed by atoms with Crippen LogP contribution in [0.4, 0.5) is 0 Å². The van der Waals surface area contributed by atoms with Crippen molar-refractivity contribution in [3.05, 3.63) is 28.2 Å². The van der Waals surface area contributed by atoms with E-state index in [0.29, 0.717) is 6.54 Å². The van der Waals surface area contributed by atoms with Crippen molar-refractivity contribution in [2.24, 2.45) is 0 Å². The van der Waals surface area contributed by atoms with E-state index in [-0.39, 0.29) is 11.4 Å². The summed E-state index contributed by atoms with van der Waals surface area (Å²) in [6, 6.07) is 8.43. The molecular weight excluding hydrogens is 352 g/mol. The third-order valence-corrected chi connectivity index (χ3v) is 5.98. The SMILES string of the molecule is CC(C)(C)NC(=O)C[NH+]1CC[NH+](Cn2c(=S)sc3ccccc32)CC1. The fourth-order valence-electron chi connectivity index (χ4n) is 3.37. The third kappa shape index (κ3) is 4.88. The Kier molecular flexibility index (Phi) is 5.58. The lowest BCUT2D eigenvalue weighted by Gasteiger charge is -2.30. The molecule has 0 atom stereocenters. The summed E-state index contributed by atoms with van der Waals surface area (Å²) in [4.78, 5) is 15.0. The highest BCUT2D eigenvalue weighted by molar-refractivity contribution is 7.73. The van der Waals surface area contributed by atoms with Crippen LogP contribution in [0.2, 0.25) is 0 Å². The molecule has 7 heteroatoms. The maximum absolute atomic E-state index is 12.1. The number of carbonyl (C=O) groups excluding carboxylic acids is 1. The first-order valence-electron chi connectivity index (χ1n) is 8.88. The number of carbonyl (C=O) groups is 1. The number of amides is 1. The molecule has 1 aromatic heterocycles. The molecule has 2 heterocycles. The summed E-state index contributed by atoms with van der Waals surface area (Å²) in [5.41, 5.74) is 1.09. The predicted octanol–water partition coefficient (Wildman–Crippen LogP) is 0.0879. The van der Waals surface area contributed by atoms with Crippen molar-refractivity contribution >= 4 is 39.7 Å². The van der Waals surface area contributed by atoms with E-state index in [4.69, 9.17) is 12.2 Å². The highest BCUT2D eigenvalue weighted by Crippen LogP contribution is 2.21.